The number of carbonyl (C=O) groups is 1. The molecule has 1 atom stereocenters. The molecule has 164 valence electrons. The van der Waals surface area contributed by atoms with Crippen LogP contribution in [0.15, 0.2) is 89.6 Å². The molecule has 2 heterocycles. The number of amides is 1. The minimum Gasteiger partial charge on any atom is -0.486 e. The standard InChI is InChI=1S/C27H28N2O3/c1-19(2)21-9-11-24(12-10-21)31-18-25-13-14-26(32-25)27(30)28-20(3)22-7-6-8-23(17-22)29-15-4-5-16-29/h4-17,19-20H,18H2,1-3H3,(H,28,30). The average Bonchev–Trinajstić information content (AvgIpc) is 3.50. The van der Waals surface area contributed by atoms with Crippen molar-refractivity contribution in [2.75, 3.05) is 0 Å². The summed E-state index contributed by atoms with van der Waals surface area (Å²) in [4.78, 5) is 12.7. The summed E-state index contributed by atoms with van der Waals surface area (Å²) >= 11 is 0. The van der Waals surface area contributed by atoms with Crippen LogP contribution in [-0.4, -0.2) is 10.5 Å². The molecule has 0 radical (unpaired) electrons. The highest BCUT2D eigenvalue weighted by molar-refractivity contribution is 5.91. The van der Waals surface area contributed by atoms with Crippen LogP contribution in [0.4, 0.5) is 0 Å². The molecule has 2 aromatic heterocycles. The topological polar surface area (TPSA) is 56.4 Å². The lowest BCUT2D eigenvalue weighted by Gasteiger charge is -2.15. The van der Waals surface area contributed by atoms with E-state index < -0.39 is 0 Å². The summed E-state index contributed by atoms with van der Waals surface area (Å²) in [6.45, 7) is 6.54. The lowest BCUT2D eigenvalue weighted by Crippen LogP contribution is -2.26. The third-order valence-electron chi connectivity index (χ3n) is 5.43. The first-order valence-corrected chi connectivity index (χ1v) is 10.9. The van der Waals surface area contributed by atoms with Gasteiger partial charge in [-0.1, -0.05) is 38.1 Å². The van der Waals surface area contributed by atoms with Gasteiger partial charge in [0.25, 0.3) is 5.91 Å². The zero-order valence-electron chi connectivity index (χ0n) is 18.6. The molecule has 5 nitrogen and oxygen atoms in total. The Kier molecular flexibility index (Phi) is 6.45. The van der Waals surface area contributed by atoms with E-state index in [1.807, 2.05) is 66.3 Å². The van der Waals surface area contributed by atoms with Crippen molar-refractivity contribution in [3.8, 4) is 11.4 Å². The zero-order chi connectivity index (χ0) is 22.5. The molecule has 0 bridgehead atoms. The summed E-state index contributed by atoms with van der Waals surface area (Å²) in [5, 5.41) is 3.01. The quantitative estimate of drug-likeness (QED) is 0.360. The third kappa shape index (κ3) is 5.11. The highest BCUT2D eigenvalue weighted by Crippen LogP contribution is 2.21. The van der Waals surface area contributed by atoms with E-state index in [4.69, 9.17) is 9.15 Å². The van der Waals surface area contributed by atoms with E-state index in [9.17, 15) is 4.79 Å². The molecule has 1 amide bonds. The van der Waals surface area contributed by atoms with Crippen molar-refractivity contribution in [1.82, 2.24) is 9.88 Å². The molecule has 0 aliphatic heterocycles. The highest BCUT2D eigenvalue weighted by Gasteiger charge is 2.16. The van der Waals surface area contributed by atoms with Gasteiger partial charge in [0.05, 0.1) is 6.04 Å². The summed E-state index contributed by atoms with van der Waals surface area (Å²) in [6.07, 6.45) is 3.99. The van der Waals surface area contributed by atoms with Gasteiger partial charge in [-0.3, -0.25) is 4.79 Å². The molecule has 4 aromatic rings. The number of ether oxygens (including phenoxy) is 1. The summed E-state index contributed by atoms with van der Waals surface area (Å²) < 4.78 is 13.5. The molecule has 4 rings (SSSR count). The Morgan fingerprint density at radius 1 is 0.938 bits per heavy atom. The largest absolute Gasteiger partial charge is 0.486 e. The maximum absolute atomic E-state index is 12.7. The molecule has 1 N–H and O–H groups in total. The summed E-state index contributed by atoms with van der Waals surface area (Å²) in [6, 6.07) is 23.4. The fourth-order valence-corrected chi connectivity index (χ4v) is 3.49. The fraction of sp³-hybridized carbons (Fsp3) is 0.222. The second kappa shape index (κ2) is 9.60. The van der Waals surface area contributed by atoms with E-state index >= 15 is 0 Å². The van der Waals surface area contributed by atoms with Crippen molar-refractivity contribution in [2.24, 2.45) is 0 Å². The zero-order valence-corrected chi connectivity index (χ0v) is 18.6. The van der Waals surface area contributed by atoms with E-state index in [2.05, 4.69) is 37.4 Å². The van der Waals surface area contributed by atoms with Crippen molar-refractivity contribution in [1.29, 1.82) is 0 Å². The SMILES string of the molecule is CC(C)c1ccc(OCc2ccc(C(=O)NC(C)c3cccc(-n4cccc4)c3)o2)cc1. The van der Waals surface area contributed by atoms with Gasteiger partial charge in [0.1, 0.15) is 18.1 Å². The van der Waals surface area contributed by atoms with E-state index in [-0.39, 0.29) is 24.3 Å². The number of aromatic nitrogens is 1. The van der Waals surface area contributed by atoms with Crippen LogP contribution in [-0.2, 0) is 6.61 Å². The third-order valence-corrected chi connectivity index (χ3v) is 5.43. The average molecular weight is 429 g/mol. The number of carbonyl (C=O) groups excluding carboxylic acids is 1. The van der Waals surface area contributed by atoms with Crippen molar-refractivity contribution >= 4 is 5.91 Å². The molecule has 0 aliphatic rings. The van der Waals surface area contributed by atoms with Crippen molar-refractivity contribution in [3.63, 3.8) is 0 Å². The number of benzene rings is 2. The number of nitrogens with one attached hydrogen (secondary N) is 1. The summed E-state index contributed by atoms with van der Waals surface area (Å²) in [5.41, 5.74) is 3.33. The molecule has 32 heavy (non-hydrogen) atoms. The maximum Gasteiger partial charge on any atom is 0.287 e. The van der Waals surface area contributed by atoms with Gasteiger partial charge in [0.2, 0.25) is 0 Å². The van der Waals surface area contributed by atoms with Crippen LogP contribution in [0.25, 0.3) is 5.69 Å². The Morgan fingerprint density at radius 3 is 2.41 bits per heavy atom. The molecule has 1 unspecified atom stereocenters. The second-order valence-electron chi connectivity index (χ2n) is 8.16. The Balaban J connectivity index is 1.35. The Morgan fingerprint density at radius 2 is 1.69 bits per heavy atom. The molecule has 0 saturated heterocycles. The molecule has 0 spiro atoms. The van der Waals surface area contributed by atoms with Gasteiger partial charge in [0.15, 0.2) is 5.76 Å². The molecule has 0 aliphatic carbocycles. The van der Waals surface area contributed by atoms with Crippen molar-refractivity contribution in [3.05, 3.63) is 108 Å². The van der Waals surface area contributed by atoms with E-state index in [0.717, 1.165) is 17.0 Å². The van der Waals surface area contributed by atoms with Gasteiger partial charge >= 0.3 is 0 Å². The van der Waals surface area contributed by atoms with Crippen LogP contribution in [0, 0.1) is 0 Å². The highest BCUT2D eigenvalue weighted by atomic mass is 16.5. The van der Waals surface area contributed by atoms with Crippen LogP contribution in [0.5, 0.6) is 5.75 Å². The van der Waals surface area contributed by atoms with Gasteiger partial charge in [-0.15, -0.1) is 0 Å². The minimum atomic E-state index is -0.253. The number of rotatable bonds is 8. The van der Waals surface area contributed by atoms with Crippen LogP contribution >= 0.6 is 0 Å². The van der Waals surface area contributed by atoms with Gasteiger partial charge in [-0.2, -0.15) is 0 Å². The summed E-state index contributed by atoms with van der Waals surface area (Å²) in [5.74, 6) is 1.87. The predicted octanol–water partition coefficient (Wildman–Crippen LogP) is 6.26. The first-order valence-electron chi connectivity index (χ1n) is 10.9. The van der Waals surface area contributed by atoms with Gasteiger partial charge in [0, 0.05) is 18.1 Å². The van der Waals surface area contributed by atoms with Gasteiger partial charge in [-0.25, -0.2) is 0 Å². The van der Waals surface area contributed by atoms with Crippen molar-refractivity contribution < 1.29 is 13.9 Å². The van der Waals surface area contributed by atoms with Crippen LogP contribution in [0.2, 0.25) is 0 Å². The lowest BCUT2D eigenvalue weighted by molar-refractivity contribution is 0.0907. The Labute approximate surface area is 188 Å². The molecular formula is C27H28N2O3. The number of hydrogen-bond donors (Lipinski definition) is 1. The number of furan rings is 1. The molecular weight excluding hydrogens is 400 g/mol. The first kappa shape index (κ1) is 21.5. The van der Waals surface area contributed by atoms with Gasteiger partial charge in [-0.05, 0) is 72.5 Å². The smallest absolute Gasteiger partial charge is 0.287 e. The summed E-state index contributed by atoms with van der Waals surface area (Å²) in [7, 11) is 0. The monoisotopic (exact) mass is 428 g/mol. The Hall–Kier alpha value is -3.73. The fourth-order valence-electron chi connectivity index (χ4n) is 3.49. The lowest BCUT2D eigenvalue weighted by atomic mass is 10.0. The second-order valence-corrected chi connectivity index (χ2v) is 8.16. The van der Waals surface area contributed by atoms with Crippen LogP contribution in [0.3, 0.4) is 0 Å². The normalized spacial score (nSPS) is 12.0. The molecule has 0 saturated carbocycles. The van der Waals surface area contributed by atoms with E-state index in [1.165, 1.54) is 5.56 Å². The Bertz CT molecular complexity index is 1160. The predicted molar refractivity (Wildman–Crippen MR) is 125 cm³/mol. The molecule has 5 heteroatoms. The molecule has 2 aromatic carbocycles. The van der Waals surface area contributed by atoms with E-state index in [1.54, 1.807) is 12.1 Å². The van der Waals surface area contributed by atoms with Crippen molar-refractivity contribution in [2.45, 2.75) is 39.3 Å². The van der Waals surface area contributed by atoms with E-state index in [0.29, 0.717) is 11.7 Å². The van der Waals surface area contributed by atoms with Crippen LogP contribution < -0.4 is 10.1 Å². The van der Waals surface area contributed by atoms with Gasteiger partial charge < -0.3 is 19.0 Å². The minimum absolute atomic E-state index is 0.165. The number of hydrogen-bond acceptors (Lipinski definition) is 3. The first-order chi connectivity index (χ1) is 15.5. The maximum atomic E-state index is 12.7. The molecule has 0 fully saturated rings. The number of nitrogens with zero attached hydrogens (tertiary/aromatic N) is 1. The van der Waals surface area contributed by atoms with Crippen LogP contribution in [0.1, 0.15) is 60.2 Å².